The van der Waals surface area contributed by atoms with Gasteiger partial charge in [-0.1, -0.05) is 0 Å². The molecule has 3 N–H and O–H groups in total. The summed E-state index contributed by atoms with van der Waals surface area (Å²) in [6.45, 7) is 1.92. The number of nitrogens with zero attached hydrogens (tertiary/aromatic N) is 3. The second-order valence-electron chi connectivity index (χ2n) is 2.73. The maximum absolute atomic E-state index is 5.63. The van der Waals surface area contributed by atoms with Crippen LogP contribution in [0, 0.1) is 6.92 Å². The van der Waals surface area contributed by atoms with Gasteiger partial charge in [0, 0.05) is 11.9 Å². The van der Waals surface area contributed by atoms with E-state index in [0.29, 0.717) is 11.0 Å². The number of aromatic amines is 1. The number of H-pyrrole nitrogens is 1. The fraction of sp³-hybridized carbons (Fsp3) is 0.125. The lowest BCUT2D eigenvalue weighted by molar-refractivity contribution is 0.932. The van der Waals surface area contributed by atoms with Crippen molar-refractivity contribution in [2.24, 2.45) is 0 Å². The molecule has 2 rings (SSSR count). The first kappa shape index (κ1) is 9.01. The molecule has 0 saturated heterocycles. The Morgan fingerprint density at radius 3 is 3.00 bits per heavy atom. The van der Waals surface area contributed by atoms with Crippen LogP contribution in [0.2, 0.25) is 0 Å². The molecule has 0 bridgehead atoms. The number of nitrogens with one attached hydrogen (secondary N) is 1. The van der Waals surface area contributed by atoms with Crippen LogP contribution in [0.3, 0.4) is 0 Å². The molecule has 0 aliphatic heterocycles. The van der Waals surface area contributed by atoms with Crippen molar-refractivity contribution in [3.05, 3.63) is 24.2 Å². The number of aryl methyl sites for hydroxylation is 1. The molecule has 0 unspecified atom stereocenters. The molecule has 2 aromatic heterocycles. The fourth-order valence-corrected chi connectivity index (χ4v) is 1.70. The zero-order valence-electron chi connectivity index (χ0n) is 7.56. The summed E-state index contributed by atoms with van der Waals surface area (Å²) >= 11 is 1.39. The van der Waals surface area contributed by atoms with Gasteiger partial charge in [0.15, 0.2) is 5.16 Å². The van der Waals surface area contributed by atoms with E-state index in [1.807, 2.05) is 13.0 Å². The van der Waals surface area contributed by atoms with Crippen LogP contribution in [-0.2, 0) is 0 Å². The summed E-state index contributed by atoms with van der Waals surface area (Å²) in [6, 6.07) is 1.85. The van der Waals surface area contributed by atoms with Crippen molar-refractivity contribution in [2.45, 2.75) is 17.0 Å². The maximum atomic E-state index is 5.63. The molecule has 0 amide bonds. The Morgan fingerprint density at radius 2 is 2.36 bits per heavy atom. The number of anilines is 1. The number of hydrogen-bond acceptors (Lipinski definition) is 5. The van der Waals surface area contributed by atoms with Gasteiger partial charge in [-0.15, -0.1) is 0 Å². The SMILES string of the molecule is Cc1ccnc(Sc2cn[nH]c2N)n1. The molecule has 0 fully saturated rings. The van der Waals surface area contributed by atoms with Gasteiger partial charge < -0.3 is 5.73 Å². The van der Waals surface area contributed by atoms with Gasteiger partial charge in [-0.3, -0.25) is 5.10 Å². The van der Waals surface area contributed by atoms with E-state index < -0.39 is 0 Å². The van der Waals surface area contributed by atoms with Crippen LogP contribution in [0.1, 0.15) is 5.69 Å². The molecule has 0 saturated carbocycles. The topological polar surface area (TPSA) is 80.5 Å². The molecular formula is C8H9N5S. The zero-order chi connectivity index (χ0) is 9.97. The van der Waals surface area contributed by atoms with E-state index in [2.05, 4.69) is 20.2 Å². The third-order valence-corrected chi connectivity index (χ3v) is 2.53. The molecule has 0 aliphatic rings. The van der Waals surface area contributed by atoms with Crippen molar-refractivity contribution in [1.29, 1.82) is 0 Å². The van der Waals surface area contributed by atoms with Crippen molar-refractivity contribution in [1.82, 2.24) is 20.2 Å². The molecule has 2 heterocycles. The van der Waals surface area contributed by atoms with Crippen LogP contribution in [-0.4, -0.2) is 20.2 Å². The van der Waals surface area contributed by atoms with Crippen molar-refractivity contribution >= 4 is 17.6 Å². The molecule has 0 aromatic carbocycles. The molecule has 0 atom stereocenters. The zero-order valence-corrected chi connectivity index (χ0v) is 8.38. The molecule has 72 valence electrons. The first-order valence-corrected chi connectivity index (χ1v) is 4.83. The molecule has 2 aromatic rings. The number of hydrogen-bond donors (Lipinski definition) is 2. The van der Waals surface area contributed by atoms with Crippen LogP contribution < -0.4 is 5.73 Å². The minimum atomic E-state index is 0.542. The van der Waals surface area contributed by atoms with E-state index in [4.69, 9.17) is 5.73 Å². The molecule has 0 radical (unpaired) electrons. The predicted molar refractivity (Wildman–Crippen MR) is 53.9 cm³/mol. The molecular weight excluding hydrogens is 198 g/mol. The van der Waals surface area contributed by atoms with E-state index in [9.17, 15) is 0 Å². The van der Waals surface area contributed by atoms with Gasteiger partial charge in [0.2, 0.25) is 0 Å². The second-order valence-corrected chi connectivity index (χ2v) is 3.74. The Kier molecular flexibility index (Phi) is 2.36. The summed E-state index contributed by atoms with van der Waals surface area (Å²) in [7, 11) is 0. The summed E-state index contributed by atoms with van der Waals surface area (Å²) in [5, 5.41) is 7.15. The lowest BCUT2D eigenvalue weighted by atomic mass is 10.5. The van der Waals surface area contributed by atoms with Crippen molar-refractivity contribution in [3.8, 4) is 0 Å². The van der Waals surface area contributed by atoms with Gasteiger partial charge in [0.1, 0.15) is 5.82 Å². The number of aromatic nitrogens is 4. The quantitative estimate of drug-likeness (QED) is 0.724. The molecule has 0 aliphatic carbocycles. The Morgan fingerprint density at radius 1 is 1.50 bits per heavy atom. The van der Waals surface area contributed by atoms with Gasteiger partial charge in [-0.25, -0.2) is 9.97 Å². The van der Waals surface area contributed by atoms with Crippen LogP contribution in [0.4, 0.5) is 5.82 Å². The third-order valence-electron chi connectivity index (χ3n) is 1.61. The van der Waals surface area contributed by atoms with Gasteiger partial charge >= 0.3 is 0 Å². The minimum Gasteiger partial charge on any atom is -0.383 e. The van der Waals surface area contributed by atoms with Crippen LogP contribution in [0.15, 0.2) is 28.5 Å². The third kappa shape index (κ3) is 1.85. The second kappa shape index (κ2) is 3.67. The summed E-state index contributed by atoms with van der Waals surface area (Å²) in [4.78, 5) is 9.20. The first-order valence-electron chi connectivity index (χ1n) is 4.02. The summed E-state index contributed by atoms with van der Waals surface area (Å²) < 4.78 is 0. The van der Waals surface area contributed by atoms with Gasteiger partial charge in [-0.05, 0) is 24.8 Å². The van der Waals surface area contributed by atoms with Crippen LogP contribution in [0.25, 0.3) is 0 Å². The van der Waals surface area contributed by atoms with Gasteiger partial charge in [-0.2, -0.15) is 5.10 Å². The van der Waals surface area contributed by atoms with E-state index >= 15 is 0 Å². The Hall–Kier alpha value is -1.56. The Bertz CT molecular complexity index is 439. The molecule has 0 spiro atoms. The summed E-state index contributed by atoms with van der Waals surface area (Å²) in [5.41, 5.74) is 6.57. The normalized spacial score (nSPS) is 10.4. The highest BCUT2D eigenvalue weighted by Crippen LogP contribution is 2.27. The maximum Gasteiger partial charge on any atom is 0.192 e. The highest BCUT2D eigenvalue weighted by atomic mass is 32.2. The number of nitrogens with two attached hydrogens (primary N) is 1. The summed E-state index contributed by atoms with van der Waals surface area (Å²) in [6.07, 6.45) is 3.38. The van der Waals surface area contributed by atoms with Gasteiger partial charge in [0.25, 0.3) is 0 Å². The van der Waals surface area contributed by atoms with E-state index in [-0.39, 0.29) is 0 Å². The standard InChI is InChI=1S/C8H9N5S/c1-5-2-3-10-8(12-5)14-6-4-11-13-7(6)9/h2-4H,1H3,(H3,9,11,13). The highest BCUT2D eigenvalue weighted by molar-refractivity contribution is 7.99. The van der Waals surface area contributed by atoms with Crippen molar-refractivity contribution < 1.29 is 0 Å². The highest BCUT2D eigenvalue weighted by Gasteiger charge is 2.05. The van der Waals surface area contributed by atoms with Crippen molar-refractivity contribution in [3.63, 3.8) is 0 Å². The minimum absolute atomic E-state index is 0.542. The smallest absolute Gasteiger partial charge is 0.192 e. The Balaban J connectivity index is 2.23. The number of nitrogen functional groups attached to an aromatic ring is 1. The summed E-state index contributed by atoms with van der Waals surface area (Å²) in [5.74, 6) is 0.542. The lowest BCUT2D eigenvalue weighted by Crippen LogP contribution is -1.90. The number of rotatable bonds is 2. The fourth-order valence-electron chi connectivity index (χ4n) is 0.940. The van der Waals surface area contributed by atoms with E-state index in [1.165, 1.54) is 11.8 Å². The molecule has 14 heavy (non-hydrogen) atoms. The average Bonchev–Trinajstić information content (AvgIpc) is 2.52. The van der Waals surface area contributed by atoms with Gasteiger partial charge in [0.05, 0.1) is 11.1 Å². The van der Waals surface area contributed by atoms with Crippen LogP contribution >= 0.6 is 11.8 Å². The largest absolute Gasteiger partial charge is 0.383 e. The van der Waals surface area contributed by atoms with Crippen LogP contribution in [0.5, 0.6) is 0 Å². The first-order chi connectivity index (χ1) is 6.75. The van der Waals surface area contributed by atoms with E-state index in [0.717, 1.165) is 10.6 Å². The Labute approximate surface area is 85.2 Å². The lowest BCUT2D eigenvalue weighted by Gasteiger charge is -1.98. The molecule has 6 heteroatoms. The predicted octanol–water partition coefficient (Wildman–Crippen LogP) is 1.24. The molecule has 5 nitrogen and oxygen atoms in total. The monoisotopic (exact) mass is 207 g/mol. The van der Waals surface area contributed by atoms with Crippen molar-refractivity contribution in [2.75, 3.05) is 5.73 Å². The average molecular weight is 207 g/mol. The van der Waals surface area contributed by atoms with E-state index in [1.54, 1.807) is 12.4 Å².